The summed E-state index contributed by atoms with van der Waals surface area (Å²) in [4.78, 5) is 10.7. The quantitative estimate of drug-likeness (QED) is 0.395. The van der Waals surface area contributed by atoms with Gasteiger partial charge in [-0.1, -0.05) is 0 Å². The van der Waals surface area contributed by atoms with E-state index in [2.05, 4.69) is 5.32 Å². The Morgan fingerprint density at radius 3 is 2.36 bits per heavy atom. The summed E-state index contributed by atoms with van der Waals surface area (Å²) < 4.78 is 4.91. The van der Waals surface area contributed by atoms with Crippen molar-refractivity contribution in [3.05, 3.63) is 0 Å². The number of nitrogens with one attached hydrogen (secondary N) is 1. The van der Waals surface area contributed by atoms with Crippen LogP contribution in [0.3, 0.4) is 0 Å². The van der Waals surface area contributed by atoms with E-state index in [0.717, 1.165) is 0 Å². The van der Waals surface area contributed by atoms with Gasteiger partial charge in [0, 0.05) is 6.92 Å². The van der Waals surface area contributed by atoms with Crippen LogP contribution in [0.25, 0.3) is 0 Å². The van der Waals surface area contributed by atoms with Gasteiger partial charge in [-0.05, 0) is 6.92 Å². The second kappa shape index (κ2) is 4.22. The fourth-order valence-corrected chi connectivity index (χ4v) is 1.44. The fraction of sp³-hybridized carbons (Fsp3) is 0.875. The molecule has 0 bridgehead atoms. The molecule has 0 radical (unpaired) electrons. The number of carbonyl (C=O) groups excluding carboxylic acids is 1. The molecule has 0 aromatic carbocycles. The van der Waals surface area contributed by atoms with Crippen LogP contribution in [0.1, 0.15) is 13.8 Å². The van der Waals surface area contributed by atoms with Crippen molar-refractivity contribution in [1.82, 2.24) is 5.32 Å². The van der Waals surface area contributed by atoms with E-state index < -0.39 is 36.6 Å². The van der Waals surface area contributed by atoms with Gasteiger partial charge in [0.1, 0.15) is 18.2 Å². The van der Waals surface area contributed by atoms with Crippen LogP contribution in [0.15, 0.2) is 0 Å². The van der Waals surface area contributed by atoms with Gasteiger partial charge in [-0.25, -0.2) is 0 Å². The molecule has 1 heterocycles. The van der Waals surface area contributed by atoms with Gasteiger partial charge in [-0.2, -0.15) is 0 Å². The van der Waals surface area contributed by atoms with Gasteiger partial charge in [0.05, 0.1) is 6.10 Å². The van der Waals surface area contributed by atoms with Crippen molar-refractivity contribution >= 4 is 5.91 Å². The molecule has 1 aliphatic rings. The molecule has 0 saturated carbocycles. The van der Waals surface area contributed by atoms with Gasteiger partial charge in [0.2, 0.25) is 5.91 Å². The van der Waals surface area contributed by atoms with Crippen LogP contribution >= 0.6 is 0 Å². The average molecular weight is 205 g/mol. The highest BCUT2D eigenvalue weighted by molar-refractivity contribution is 5.73. The highest BCUT2D eigenvalue weighted by Crippen LogP contribution is 2.19. The Morgan fingerprint density at radius 2 is 1.86 bits per heavy atom. The van der Waals surface area contributed by atoms with Crippen molar-refractivity contribution in [1.29, 1.82) is 0 Å². The number of rotatable bonds is 1. The number of carbonyl (C=O) groups is 1. The molecule has 4 N–H and O–H groups in total. The number of ether oxygens (including phenoxy) is 1. The van der Waals surface area contributed by atoms with E-state index in [1.807, 2.05) is 0 Å². The maximum atomic E-state index is 10.7. The minimum Gasteiger partial charge on any atom is -0.388 e. The Morgan fingerprint density at radius 1 is 1.29 bits per heavy atom. The predicted octanol–water partition coefficient (Wildman–Crippen LogP) is -2.05. The summed E-state index contributed by atoms with van der Waals surface area (Å²) in [5.74, 6) is -0.404. The van der Waals surface area contributed by atoms with Gasteiger partial charge in [0.25, 0.3) is 0 Å². The van der Waals surface area contributed by atoms with Crippen LogP contribution in [0, 0.1) is 0 Å². The Balaban J connectivity index is 2.68. The van der Waals surface area contributed by atoms with E-state index in [-0.39, 0.29) is 0 Å². The third-order valence-corrected chi connectivity index (χ3v) is 2.23. The van der Waals surface area contributed by atoms with E-state index in [1.165, 1.54) is 13.8 Å². The lowest BCUT2D eigenvalue weighted by molar-refractivity contribution is -0.242. The van der Waals surface area contributed by atoms with Crippen molar-refractivity contribution in [3.63, 3.8) is 0 Å². The van der Waals surface area contributed by atoms with Crippen LogP contribution in [0.5, 0.6) is 0 Å². The van der Waals surface area contributed by atoms with Crippen molar-refractivity contribution in [3.8, 4) is 0 Å². The highest BCUT2D eigenvalue weighted by atomic mass is 16.6. The van der Waals surface area contributed by atoms with Crippen LogP contribution in [0.2, 0.25) is 0 Å². The molecule has 82 valence electrons. The Bertz CT molecular complexity index is 222. The minimum atomic E-state index is -1.30. The van der Waals surface area contributed by atoms with Gasteiger partial charge < -0.3 is 25.4 Å². The molecule has 0 aromatic heterocycles. The predicted molar refractivity (Wildman–Crippen MR) is 46.2 cm³/mol. The van der Waals surface area contributed by atoms with Crippen LogP contribution < -0.4 is 5.32 Å². The molecule has 0 spiro atoms. The molecule has 1 rings (SSSR count). The van der Waals surface area contributed by atoms with E-state index in [1.54, 1.807) is 0 Å². The summed E-state index contributed by atoms with van der Waals surface area (Å²) >= 11 is 0. The standard InChI is InChI=1S/C8H15NO5/c1-3-6(11)7(12)5(8(13)14-3)9-4(2)10/h3,5-8,11-13H,1-2H3,(H,9,10)/t3-,5-,6-,7+,8?/m0/s1. The summed E-state index contributed by atoms with van der Waals surface area (Å²) in [6.45, 7) is 2.78. The molecule has 1 saturated heterocycles. The van der Waals surface area contributed by atoms with E-state index in [9.17, 15) is 20.1 Å². The maximum absolute atomic E-state index is 10.7. The number of aliphatic hydroxyl groups is 3. The van der Waals surface area contributed by atoms with Crippen LogP contribution in [-0.2, 0) is 9.53 Å². The molecule has 5 atom stereocenters. The number of aliphatic hydroxyl groups excluding tert-OH is 3. The smallest absolute Gasteiger partial charge is 0.217 e. The molecule has 1 unspecified atom stereocenters. The van der Waals surface area contributed by atoms with E-state index in [0.29, 0.717) is 0 Å². The lowest BCUT2D eigenvalue weighted by atomic mass is 9.98. The van der Waals surface area contributed by atoms with Gasteiger partial charge >= 0.3 is 0 Å². The average Bonchev–Trinajstić information content (AvgIpc) is 2.09. The molecule has 1 fully saturated rings. The maximum Gasteiger partial charge on any atom is 0.217 e. The van der Waals surface area contributed by atoms with E-state index >= 15 is 0 Å². The molecule has 1 amide bonds. The molecule has 0 aromatic rings. The highest BCUT2D eigenvalue weighted by Gasteiger charge is 2.42. The Labute approximate surface area is 81.5 Å². The number of hydrogen-bond donors (Lipinski definition) is 4. The third-order valence-electron chi connectivity index (χ3n) is 2.23. The lowest BCUT2D eigenvalue weighted by Crippen LogP contribution is -2.62. The molecule has 1 aliphatic heterocycles. The van der Waals surface area contributed by atoms with Gasteiger partial charge in [0.15, 0.2) is 6.29 Å². The summed E-state index contributed by atoms with van der Waals surface area (Å²) in [5, 5.41) is 30.6. The molecule has 14 heavy (non-hydrogen) atoms. The normalized spacial score (nSPS) is 43.4. The first-order chi connectivity index (χ1) is 6.43. The zero-order chi connectivity index (χ0) is 10.9. The zero-order valence-corrected chi connectivity index (χ0v) is 8.04. The molecular formula is C8H15NO5. The first-order valence-electron chi connectivity index (χ1n) is 4.40. The van der Waals surface area contributed by atoms with Crippen molar-refractivity contribution in [2.75, 3.05) is 0 Å². The van der Waals surface area contributed by atoms with Crippen molar-refractivity contribution in [2.45, 2.75) is 44.5 Å². The Kier molecular flexibility index (Phi) is 3.43. The van der Waals surface area contributed by atoms with Crippen molar-refractivity contribution in [2.24, 2.45) is 0 Å². The molecule has 0 aliphatic carbocycles. The van der Waals surface area contributed by atoms with Gasteiger partial charge in [-0.15, -0.1) is 0 Å². The summed E-state index contributed by atoms with van der Waals surface area (Å²) in [6, 6.07) is -0.987. The SMILES string of the molecule is CC(=O)N[C@@H]1C(O)O[C@@H](C)[C@H](O)[C@@H]1O. The first kappa shape index (κ1) is 11.4. The Hall–Kier alpha value is -0.690. The summed E-state index contributed by atoms with van der Waals surface area (Å²) in [5.41, 5.74) is 0. The second-order valence-corrected chi connectivity index (χ2v) is 3.44. The van der Waals surface area contributed by atoms with Crippen molar-refractivity contribution < 1.29 is 24.9 Å². The van der Waals surface area contributed by atoms with Gasteiger partial charge in [-0.3, -0.25) is 4.79 Å². The summed E-state index contributed by atoms with van der Waals surface area (Å²) in [6.07, 6.45) is -4.30. The van der Waals surface area contributed by atoms with Crippen LogP contribution in [0.4, 0.5) is 0 Å². The topological polar surface area (TPSA) is 99.0 Å². The largest absolute Gasteiger partial charge is 0.388 e. The molecule has 6 heteroatoms. The van der Waals surface area contributed by atoms with E-state index in [4.69, 9.17) is 4.74 Å². The molecular weight excluding hydrogens is 190 g/mol. The molecule has 6 nitrogen and oxygen atoms in total. The minimum absolute atomic E-state index is 0.404. The second-order valence-electron chi connectivity index (χ2n) is 3.44. The summed E-state index contributed by atoms with van der Waals surface area (Å²) in [7, 11) is 0. The lowest BCUT2D eigenvalue weighted by Gasteiger charge is -2.39. The first-order valence-corrected chi connectivity index (χ1v) is 4.40. The zero-order valence-electron chi connectivity index (χ0n) is 8.04. The monoisotopic (exact) mass is 205 g/mol. The third kappa shape index (κ3) is 2.21. The van der Waals surface area contributed by atoms with Crippen LogP contribution in [-0.4, -0.2) is 51.9 Å². The number of amides is 1. The fourth-order valence-electron chi connectivity index (χ4n) is 1.44. The number of hydrogen-bond acceptors (Lipinski definition) is 5.